The Hall–Kier alpha value is -4.50. The molecule has 1 atom stereocenters. The maximum absolute atomic E-state index is 12.4. The van der Waals surface area contributed by atoms with Crippen LogP contribution < -0.4 is 19.9 Å². The van der Waals surface area contributed by atoms with Crippen LogP contribution in [-0.2, 0) is 4.79 Å². The number of carbonyl (C=O) groups excluding carboxylic acids is 1. The van der Waals surface area contributed by atoms with Crippen LogP contribution in [0.15, 0.2) is 84.3 Å². The molecule has 0 spiro atoms. The molecule has 36 heavy (non-hydrogen) atoms. The number of fused-ring (bicyclic) bond motifs is 1. The van der Waals surface area contributed by atoms with Gasteiger partial charge in [-0.2, -0.15) is 5.26 Å². The number of hydrogen-bond acceptors (Lipinski definition) is 6. The van der Waals surface area contributed by atoms with Gasteiger partial charge in [-0.25, -0.2) is 4.79 Å². The van der Waals surface area contributed by atoms with Crippen molar-refractivity contribution in [3.63, 3.8) is 0 Å². The van der Waals surface area contributed by atoms with Crippen LogP contribution in [0.4, 0.5) is 0 Å². The lowest BCUT2D eigenvalue weighted by atomic mass is 9.83. The van der Waals surface area contributed by atoms with Crippen molar-refractivity contribution in [2.75, 3.05) is 6.61 Å². The van der Waals surface area contributed by atoms with E-state index in [0.717, 1.165) is 40.8 Å². The quantitative estimate of drug-likeness (QED) is 0.184. The predicted octanol–water partition coefficient (Wildman–Crippen LogP) is 6.01. The molecule has 182 valence electrons. The molecule has 0 saturated heterocycles. The molecule has 1 unspecified atom stereocenters. The molecule has 1 heterocycles. The average Bonchev–Trinajstić information content (AvgIpc) is 2.88. The smallest absolute Gasteiger partial charge is 0.336 e. The second-order valence-electron chi connectivity index (χ2n) is 8.56. The Balaban J connectivity index is 1.54. The molecular formula is C30H28N2O4. The van der Waals surface area contributed by atoms with Crippen LogP contribution >= 0.6 is 0 Å². The van der Waals surface area contributed by atoms with Gasteiger partial charge in [0.05, 0.1) is 12.5 Å². The summed E-state index contributed by atoms with van der Waals surface area (Å²) in [4.78, 5) is 12.4. The Morgan fingerprint density at radius 1 is 1.08 bits per heavy atom. The molecule has 2 N–H and O–H groups in total. The van der Waals surface area contributed by atoms with Gasteiger partial charge >= 0.3 is 5.97 Å². The second-order valence-corrected chi connectivity index (χ2v) is 8.56. The zero-order valence-electron chi connectivity index (χ0n) is 20.4. The SMILES string of the molecule is CCCCOc1ccc(C2C(C#N)=C(N)Oc3cc(OC(=O)/C=C/c4ccc(C)cc4)ccc32)cc1. The Bertz CT molecular complexity index is 1330. The molecule has 6 heteroatoms. The molecule has 0 saturated carbocycles. The number of benzene rings is 3. The number of unbranched alkanes of at least 4 members (excludes halogenated alkanes) is 1. The number of nitrogens with zero attached hydrogens (tertiary/aromatic N) is 1. The fourth-order valence-electron chi connectivity index (χ4n) is 3.92. The molecule has 3 aromatic carbocycles. The minimum absolute atomic E-state index is 0.0287. The van der Waals surface area contributed by atoms with Gasteiger partial charge < -0.3 is 19.9 Å². The second kappa shape index (κ2) is 11.3. The highest BCUT2D eigenvalue weighted by Crippen LogP contribution is 2.43. The van der Waals surface area contributed by atoms with Crippen LogP contribution in [0.25, 0.3) is 6.08 Å². The molecule has 4 rings (SSSR count). The minimum Gasteiger partial charge on any atom is -0.494 e. The minimum atomic E-state index is -0.511. The Morgan fingerprint density at radius 3 is 2.50 bits per heavy atom. The van der Waals surface area contributed by atoms with E-state index < -0.39 is 11.9 Å². The molecule has 0 fully saturated rings. The van der Waals surface area contributed by atoms with Crippen molar-refractivity contribution in [3.05, 3.63) is 107 Å². The molecule has 0 amide bonds. The van der Waals surface area contributed by atoms with Crippen molar-refractivity contribution >= 4 is 12.0 Å². The Labute approximate surface area is 211 Å². The van der Waals surface area contributed by atoms with E-state index >= 15 is 0 Å². The van der Waals surface area contributed by atoms with Crippen LogP contribution in [0.2, 0.25) is 0 Å². The van der Waals surface area contributed by atoms with Gasteiger partial charge in [-0.05, 0) is 48.7 Å². The van der Waals surface area contributed by atoms with Crippen LogP contribution in [0, 0.1) is 18.3 Å². The molecule has 3 aromatic rings. The first kappa shape index (κ1) is 24.6. The van der Waals surface area contributed by atoms with Crippen LogP contribution in [0.5, 0.6) is 17.2 Å². The van der Waals surface area contributed by atoms with E-state index in [1.807, 2.05) is 55.5 Å². The highest BCUT2D eigenvalue weighted by molar-refractivity contribution is 5.88. The topological polar surface area (TPSA) is 94.6 Å². The molecule has 0 bridgehead atoms. The summed E-state index contributed by atoms with van der Waals surface area (Å²) in [5.74, 6) is 0.640. The fourth-order valence-corrected chi connectivity index (χ4v) is 3.92. The molecule has 0 aliphatic carbocycles. The lowest BCUT2D eigenvalue weighted by Gasteiger charge is -2.26. The molecule has 0 radical (unpaired) electrons. The van der Waals surface area contributed by atoms with Gasteiger partial charge in [0.2, 0.25) is 5.88 Å². The third kappa shape index (κ3) is 5.76. The van der Waals surface area contributed by atoms with E-state index in [1.165, 1.54) is 6.08 Å². The van der Waals surface area contributed by atoms with E-state index in [4.69, 9.17) is 19.9 Å². The number of carbonyl (C=O) groups is 1. The Morgan fingerprint density at radius 2 is 1.81 bits per heavy atom. The number of hydrogen-bond donors (Lipinski definition) is 1. The highest BCUT2D eigenvalue weighted by atomic mass is 16.5. The monoisotopic (exact) mass is 480 g/mol. The van der Waals surface area contributed by atoms with Crippen molar-refractivity contribution < 1.29 is 19.0 Å². The summed E-state index contributed by atoms with van der Waals surface area (Å²) < 4.78 is 17.0. The van der Waals surface area contributed by atoms with Crippen molar-refractivity contribution in [1.29, 1.82) is 5.26 Å². The maximum Gasteiger partial charge on any atom is 0.336 e. The molecule has 0 aromatic heterocycles. The fraction of sp³-hybridized carbons (Fsp3) is 0.200. The van der Waals surface area contributed by atoms with E-state index in [-0.39, 0.29) is 5.88 Å². The van der Waals surface area contributed by atoms with Gasteiger partial charge in [0.25, 0.3) is 0 Å². The zero-order chi connectivity index (χ0) is 25.5. The largest absolute Gasteiger partial charge is 0.494 e. The molecule has 1 aliphatic rings. The highest BCUT2D eigenvalue weighted by Gasteiger charge is 2.31. The maximum atomic E-state index is 12.4. The van der Waals surface area contributed by atoms with Gasteiger partial charge in [0.1, 0.15) is 28.9 Å². The number of aryl methyl sites for hydroxylation is 1. The van der Waals surface area contributed by atoms with Gasteiger partial charge in [-0.1, -0.05) is 61.4 Å². The first-order valence-electron chi connectivity index (χ1n) is 11.9. The number of rotatable bonds is 8. The van der Waals surface area contributed by atoms with Crippen molar-refractivity contribution in [2.45, 2.75) is 32.6 Å². The summed E-state index contributed by atoms with van der Waals surface area (Å²) in [6.45, 7) is 4.78. The predicted molar refractivity (Wildman–Crippen MR) is 138 cm³/mol. The number of allylic oxidation sites excluding steroid dienone is 1. The first-order valence-corrected chi connectivity index (χ1v) is 11.9. The van der Waals surface area contributed by atoms with Gasteiger partial charge in [0.15, 0.2) is 0 Å². The van der Waals surface area contributed by atoms with E-state index in [0.29, 0.717) is 23.7 Å². The average molecular weight is 481 g/mol. The van der Waals surface area contributed by atoms with Crippen molar-refractivity contribution in [1.82, 2.24) is 0 Å². The summed E-state index contributed by atoms with van der Waals surface area (Å²) in [5.41, 5.74) is 10.1. The summed E-state index contributed by atoms with van der Waals surface area (Å²) in [7, 11) is 0. The van der Waals surface area contributed by atoms with Crippen molar-refractivity contribution in [2.24, 2.45) is 5.73 Å². The summed E-state index contributed by atoms with van der Waals surface area (Å²) in [6.07, 6.45) is 5.12. The van der Waals surface area contributed by atoms with Crippen LogP contribution in [0.3, 0.4) is 0 Å². The lowest BCUT2D eigenvalue weighted by molar-refractivity contribution is -0.128. The third-order valence-electron chi connectivity index (χ3n) is 5.88. The number of nitrogens with two attached hydrogens (primary N) is 1. The van der Waals surface area contributed by atoms with E-state index in [1.54, 1.807) is 24.3 Å². The van der Waals surface area contributed by atoms with Crippen LogP contribution in [-0.4, -0.2) is 12.6 Å². The first-order chi connectivity index (χ1) is 17.5. The third-order valence-corrected chi connectivity index (χ3v) is 5.88. The lowest BCUT2D eigenvalue weighted by Crippen LogP contribution is -2.21. The Kier molecular flexibility index (Phi) is 7.72. The normalized spacial score (nSPS) is 14.6. The molecule has 1 aliphatic heterocycles. The van der Waals surface area contributed by atoms with Gasteiger partial charge in [-0.3, -0.25) is 0 Å². The number of nitriles is 1. The summed E-state index contributed by atoms with van der Waals surface area (Å²) in [5, 5.41) is 9.79. The molecule has 6 nitrogen and oxygen atoms in total. The van der Waals surface area contributed by atoms with Crippen LogP contribution in [0.1, 0.15) is 47.9 Å². The molecular weight excluding hydrogens is 452 g/mol. The van der Waals surface area contributed by atoms with E-state index in [9.17, 15) is 10.1 Å². The van der Waals surface area contributed by atoms with Crippen molar-refractivity contribution in [3.8, 4) is 23.3 Å². The summed E-state index contributed by atoms with van der Waals surface area (Å²) >= 11 is 0. The standard InChI is InChI=1S/C30H28N2O4/c1-3-4-17-34-23-12-10-22(11-13-23)29-25-15-14-24(18-27(25)36-30(32)26(29)19-31)35-28(33)16-9-21-7-5-20(2)6-8-21/h5-16,18,29H,3-4,17,32H2,1-2H3/b16-9+. The van der Waals surface area contributed by atoms with Gasteiger partial charge in [0, 0.05) is 17.7 Å². The van der Waals surface area contributed by atoms with E-state index in [2.05, 4.69) is 13.0 Å². The zero-order valence-corrected chi connectivity index (χ0v) is 20.4. The summed E-state index contributed by atoms with van der Waals surface area (Å²) in [6, 6.07) is 22.7. The number of esters is 1. The number of ether oxygens (including phenoxy) is 3. The van der Waals surface area contributed by atoms with Gasteiger partial charge in [-0.15, -0.1) is 0 Å².